The van der Waals surface area contributed by atoms with Crippen LogP contribution >= 0.6 is 0 Å². The van der Waals surface area contributed by atoms with Crippen LogP contribution in [0.1, 0.15) is 32.3 Å². The summed E-state index contributed by atoms with van der Waals surface area (Å²) in [5.74, 6) is 0. The fourth-order valence-electron chi connectivity index (χ4n) is 1.59. The first kappa shape index (κ1) is 14.0. The Labute approximate surface area is 104 Å². The second kappa shape index (κ2) is 8.09. The van der Waals surface area contributed by atoms with Crippen LogP contribution in [-0.2, 0) is 11.3 Å². The van der Waals surface area contributed by atoms with E-state index in [0.29, 0.717) is 6.10 Å². The summed E-state index contributed by atoms with van der Waals surface area (Å²) in [5, 5.41) is 3.40. The van der Waals surface area contributed by atoms with Gasteiger partial charge in [-0.2, -0.15) is 0 Å². The van der Waals surface area contributed by atoms with Crippen molar-refractivity contribution in [1.29, 1.82) is 0 Å². The molecule has 0 aliphatic rings. The van der Waals surface area contributed by atoms with Crippen LogP contribution in [0.5, 0.6) is 0 Å². The van der Waals surface area contributed by atoms with Crippen LogP contribution in [0, 0.1) is 0 Å². The average molecular weight is 236 g/mol. The Balaban J connectivity index is 2.03. The van der Waals surface area contributed by atoms with Gasteiger partial charge in [0, 0.05) is 18.8 Å². The van der Waals surface area contributed by atoms with Crippen molar-refractivity contribution in [1.82, 2.24) is 5.32 Å². The molecule has 0 radical (unpaired) electrons. The molecule has 0 saturated carbocycles. The quantitative estimate of drug-likeness (QED) is 0.538. The van der Waals surface area contributed by atoms with Crippen molar-refractivity contribution in [2.45, 2.75) is 39.3 Å². The molecule has 1 aromatic carbocycles. The van der Waals surface area contributed by atoms with Gasteiger partial charge in [-0.25, -0.2) is 0 Å². The molecule has 1 aromatic rings. The van der Waals surface area contributed by atoms with Crippen LogP contribution in [0.3, 0.4) is 0 Å². The van der Waals surface area contributed by atoms with Gasteiger partial charge in [0.25, 0.3) is 0 Å². The second-order valence-corrected chi connectivity index (χ2v) is 4.50. The zero-order valence-electron chi connectivity index (χ0n) is 10.9. The first-order valence-corrected chi connectivity index (χ1v) is 6.36. The third-order valence-electron chi connectivity index (χ3n) is 2.57. The number of nitrogens with one attached hydrogen (secondary N) is 1. The van der Waals surface area contributed by atoms with Crippen molar-refractivity contribution in [2.75, 3.05) is 18.9 Å². The van der Waals surface area contributed by atoms with E-state index in [2.05, 4.69) is 25.2 Å². The molecule has 0 saturated heterocycles. The van der Waals surface area contributed by atoms with Crippen molar-refractivity contribution in [3.05, 3.63) is 29.8 Å². The molecular formula is C14H24N2O. The summed E-state index contributed by atoms with van der Waals surface area (Å²) >= 11 is 0. The van der Waals surface area contributed by atoms with Crippen molar-refractivity contribution in [2.24, 2.45) is 0 Å². The zero-order chi connectivity index (χ0) is 12.5. The molecule has 0 bridgehead atoms. The van der Waals surface area contributed by atoms with Crippen LogP contribution < -0.4 is 11.1 Å². The Morgan fingerprint density at radius 1 is 1.24 bits per heavy atom. The summed E-state index contributed by atoms with van der Waals surface area (Å²) < 4.78 is 5.48. The number of benzene rings is 1. The number of nitrogen functional groups attached to an aromatic ring is 1. The lowest BCUT2D eigenvalue weighted by Gasteiger charge is -2.09. The molecule has 3 nitrogen and oxygen atoms in total. The van der Waals surface area contributed by atoms with Crippen molar-refractivity contribution < 1.29 is 4.74 Å². The molecule has 1 rings (SSSR count). The van der Waals surface area contributed by atoms with E-state index in [1.807, 2.05) is 18.2 Å². The van der Waals surface area contributed by atoms with Crippen LogP contribution in [-0.4, -0.2) is 19.3 Å². The molecule has 0 spiro atoms. The van der Waals surface area contributed by atoms with Gasteiger partial charge in [-0.3, -0.25) is 0 Å². The summed E-state index contributed by atoms with van der Waals surface area (Å²) in [6.45, 7) is 6.84. The number of hydrogen-bond donors (Lipinski definition) is 2. The van der Waals surface area contributed by atoms with Gasteiger partial charge in [-0.15, -0.1) is 0 Å². The Morgan fingerprint density at radius 2 is 2.00 bits per heavy atom. The predicted octanol–water partition coefficient (Wildman–Crippen LogP) is 2.56. The van der Waals surface area contributed by atoms with E-state index in [9.17, 15) is 0 Å². The summed E-state index contributed by atoms with van der Waals surface area (Å²) in [6.07, 6.45) is 2.58. The summed E-state index contributed by atoms with van der Waals surface area (Å²) in [6, 6.07) is 7.98. The van der Waals surface area contributed by atoms with E-state index in [1.165, 1.54) is 5.56 Å². The Morgan fingerprint density at radius 3 is 2.71 bits per heavy atom. The molecule has 0 atom stereocenters. The standard InChI is InChI=1S/C14H24N2O/c1-12(2)17-10-6-5-9-16-11-13-7-3-4-8-14(13)15/h3-4,7-8,12,16H,5-6,9-11,15H2,1-2H3. The van der Waals surface area contributed by atoms with Gasteiger partial charge >= 0.3 is 0 Å². The lowest BCUT2D eigenvalue weighted by molar-refractivity contribution is 0.0760. The number of hydrogen-bond acceptors (Lipinski definition) is 3. The van der Waals surface area contributed by atoms with Crippen molar-refractivity contribution in [3.63, 3.8) is 0 Å². The maximum Gasteiger partial charge on any atom is 0.0518 e. The number of nitrogens with two attached hydrogens (primary N) is 1. The summed E-state index contributed by atoms with van der Waals surface area (Å²) in [4.78, 5) is 0. The van der Waals surface area contributed by atoms with E-state index in [-0.39, 0.29) is 0 Å². The number of ether oxygens (including phenoxy) is 1. The third kappa shape index (κ3) is 6.29. The molecule has 3 heteroatoms. The molecule has 0 amide bonds. The van der Waals surface area contributed by atoms with Gasteiger partial charge in [0.15, 0.2) is 0 Å². The second-order valence-electron chi connectivity index (χ2n) is 4.50. The normalized spacial score (nSPS) is 11.0. The van der Waals surface area contributed by atoms with E-state index < -0.39 is 0 Å². The Bertz CT molecular complexity index is 313. The minimum atomic E-state index is 0.340. The highest BCUT2D eigenvalue weighted by atomic mass is 16.5. The Hall–Kier alpha value is -1.06. The van der Waals surface area contributed by atoms with E-state index in [1.54, 1.807) is 0 Å². The fraction of sp³-hybridized carbons (Fsp3) is 0.571. The third-order valence-corrected chi connectivity index (χ3v) is 2.57. The monoisotopic (exact) mass is 236 g/mol. The number of unbranched alkanes of at least 4 members (excludes halogenated alkanes) is 1. The first-order valence-electron chi connectivity index (χ1n) is 6.36. The zero-order valence-corrected chi connectivity index (χ0v) is 10.9. The highest BCUT2D eigenvalue weighted by Gasteiger charge is 1.97. The average Bonchev–Trinajstić information content (AvgIpc) is 2.30. The lowest BCUT2D eigenvalue weighted by Crippen LogP contribution is -2.16. The molecule has 17 heavy (non-hydrogen) atoms. The van der Waals surface area contributed by atoms with Gasteiger partial charge in [0.1, 0.15) is 0 Å². The molecular weight excluding hydrogens is 212 g/mol. The van der Waals surface area contributed by atoms with Crippen molar-refractivity contribution in [3.8, 4) is 0 Å². The predicted molar refractivity (Wildman–Crippen MR) is 72.9 cm³/mol. The summed E-state index contributed by atoms with van der Waals surface area (Å²) in [7, 11) is 0. The highest BCUT2D eigenvalue weighted by Crippen LogP contribution is 2.09. The largest absolute Gasteiger partial charge is 0.398 e. The van der Waals surface area contributed by atoms with E-state index in [4.69, 9.17) is 10.5 Å². The minimum Gasteiger partial charge on any atom is -0.398 e. The molecule has 0 unspecified atom stereocenters. The van der Waals surface area contributed by atoms with Crippen LogP contribution in [0.4, 0.5) is 5.69 Å². The fourth-order valence-corrected chi connectivity index (χ4v) is 1.59. The maximum atomic E-state index is 5.86. The molecule has 96 valence electrons. The highest BCUT2D eigenvalue weighted by molar-refractivity contribution is 5.46. The van der Waals surface area contributed by atoms with Gasteiger partial charge in [-0.1, -0.05) is 18.2 Å². The minimum absolute atomic E-state index is 0.340. The summed E-state index contributed by atoms with van der Waals surface area (Å²) in [5.41, 5.74) is 7.89. The molecule has 3 N–H and O–H groups in total. The Kier molecular flexibility index (Phi) is 6.67. The van der Waals surface area contributed by atoms with Crippen LogP contribution in [0.2, 0.25) is 0 Å². The number of para-hydroxylation sites is 1. The van der Waals surface area contributed by atoms with Crippen LogP contribution in [0.25, 0.3) is 0 Å². The maximum absolute atomic E-state index is 5.86. The van der Waals surface area contributed by atoms with Gasteiger partial charge in [-0.05, 0) is 44.9 Å². The number of anilines is 1. The van der Waals surface area contributed by atoms with E-state index in [0.717, 1.165) is 38.2 Å². The molecule has 0 aliphatic carbocycles. The molecule has 0 heterocycles. The van der Waals surface area contributed by atoms with Crippen LogP contribution in [0.15, 0.2) is 24.3 Å². The molecule has 0 fully saturated rings. The van der Waals surface area contributed by atoms with Gasteiger partial charge < -0.3 is 15.8 Å². The molecule has 0 aromatic heterocycles. The van der Waals surface area contributed by atoms with Gasteiger partial charge in [0.05, 0.1) is 6.10 Å². The topological polar surface area (TPSA) is 47.3 Å². The van der Waals surface area contributed by atoms with Gasteiger partial charge in [0.2, 0.25) is 0 Å². The van der Waals surface area contributed by atoms with E-state index >= 15 is 0 Å². The SMILES string of the molecule is CC(C)OCCCCNCc1ccccc1N. The smallest absolute Gasteiger partial charge is 0.0518 e. The molecule has 0 aliphatic heterocycles. The number of rotatable bonds is 8. The van der Waals surface area contributed by atoms with Crippen molar-refractivity contribution >= 4 is 5.69 Å². The first-order chi connectivity index (χ1) is 8.20. The lowest BCUT2D eigenvalue weighted by atomic mass is 10.2.